The summed E-state index contributed by atoms with van der Waals surface area (Å²) in [5.41, 5.74) is 4.28. The predicted octanol–water partition coefficient (Wildman–Crippen LogP) is 2.88. The molecular formula is C19H22N6O3. The second-order valence-corrected chi connectivity index (χ2v) is 7.24. The molecular weight excluding hydrogens is 360 g/mol. The molecule has 0 bridgehead atoms. The molecule has 0 unspecified atom stereocenters. The highest BCUT2D eigenvalue weighted by Crippen LogP contribution is 2.31. The molecule has 0 fully saturated rings. The first kappa shape index (κ1) is 18.1. The lowest BCUT2D eigenvalue weighted by Crippen LogP contribution is -2.45. The molecule has 0 aliphatic carbocycles. The first-order valence-electron chi connectivity index (χ1n) is 9.23. The van der Waals surface area contributed by atoms with Gasteiger partial charge in [-0.1, -0.05) is 10.3 Å². The van der Waals surface area contributed by atoms with E-state index in [0.29, 0.717) is 42.7 Å². The maximum absolute atomic E-state index is 12.3. The maximum Gasteiger partial charge on any atom is 0.317 e. The number of hydrogen-bond donors (Lipinski definition) is 1. The average Bonchev–Trinajstić information content (AvgIpc) is 3.29. The van der Waals surface area contributed by atoms with E-state index in [2.05, 4.69) is 25.6 Å². The Balaban J connectivity index is 1.65. The number of urea groups is 1. The number of aryl methyl sites for hydroxylation is 2. The molecule has 9 heteroatoms. The Morgan fingerprint density at radius 2 is 2.07 bits per heavy atom. The highest BCUT2D eigenvalue weighted by Gasteiger charge is 2.27. The van der Waals surface area contributed by atoms with Gasteiger partial charge in [-0.3, -0.25) is 4.98 Å². The molecule has 4 heterocycles. The molecule has 0 saturated carbocycles. The Morgan fingerprint density at radius 1 is 1.25 bits per heavy atom. The Morgan fingerprint density at radius 3 is 2.79 bits per heavy atom. The lowest BCUT2D eigenvalue weighted by atomic mass is 9.94. The zero-order valence-corrected chi connectivity index (χ0v) is 16.3. The molecule has 0 atom stereocenters. The van der Waals surface area contributed by atoms with Crippen molar-refractivity contribution in [2.75, 3.05) is 6.54 Å². The summed E-state index contributed by atoms with van der Waals surface area (Å²) in [4.78, 5) is 23.1. The van der Waals surface area contributed by atoms with Gasteiger partial charge >= 0.3 is 6.03 Å². The fraction of sp³-hybridized carbons (Fsp3) is 0.421. The molecule has 0 radical (unpaired) electrons. The molecule has 0 spiro atoms. The van der Waals surface area contributed by atoms with E-state index in [1.54, 1.807) is 17.9 Å². The van der Waals surface area contributed by atoms with E-state index in [-0.39, 0.29) is 12.1 Å². The van der Waals surface area contributed by atoms with E-state index in [9.17, 15) is 4.79 Å². The molecule has 1 aliphatic rings. The van der Waals surface area contributed by atoms with Crippen LogP contribution >= 0.6 is 0 Å². The summed E-state index contributed by atoms with van der Waals surface area (Å²) >= 11 is 0. The molecule has 3 aromatic heterocycles. The minimum absolute atomic E-state index is 0.0639. The van der Waals surface area contributed by atoms with Crippen LogP contribution in [-0.2, 0) is 13.0 Å². The van der Waals surface area contributed by atoms with Crippen molar-refractivity contribution in [1.82, 2.24) is 30.5 Å². The van der Waals surface area contributed by atoms with Crippen LogP contribution in [0.1, 0.15) is 36.4 Å². The molecule has 4 rings (SSSR count). The van der Waals surface area contributed by atoms with Crippen LogP contribution < -0.4 is 5.32 Å². The number of nitrogens with one attached hydrogen (secondary N) is 1. The quantitative estimate of drug-likeness (QED) is 0.741. The van der Waals surface area contributed by atoms with E-state index < -0.39 is 0 Å². The van der Waals surface area contributed by atoms with Gasteiger partial charge < -0.3 is 19.3 Å². The number of aromatic nitrogens is 4. The van der Waals surface area contributed by atoms with Gasteiger partial charge in [0, 0.05) is 42.7 Å². The van der Waals surface area contributed by atoms with Gasteiger partial charge in [-0.25, -0.2) is 4.79 Å². The molecule has 1 N–H and O–H groups in total. The van der Waals surface area contributed by atoms with Crippen molar-refractivity contribution in [3.63, 3.8) is 0 Å². The van der Waals surface area contributed by atoms with Crippen molar-refractivity contribution in [2.24, 2.45) is 0 Å². The molecule has 28 heavy (non-hydrogen) atoms. The first-order valence-corrected chi connectivity index (χ1v) is 9.23. The van der Waals surface area contributed by atoms with Crippen LogP contribution in [0, 0.1) is 13.8 Å². The summed E-state index contributed by atoms with van der Waals surface area (Å²) in [6.07, 6.45) is 2.53. The highest BCUT2D eigenvalue weighted by molar-refractivity contribution is 5.75. The normalized spacial score (nSPS) is 13.7. The zero-order chi connectivity index (χ0) is 19.8. The molecule has 1 aliphatic heterocycles. The van der Waals surface area contributed by atoms with E-state index in [1.165, 1.54) is 0 Å². The number of amides is 2. The number of rotatable bonds is 3. The van der Waals surface area contributed by atoms with Crippen molar-refractivity contribution in [3.05, 3.63) is 34.8 Å². The molecule has 9 nitrogen and oxygen atoms in total. The van der Waals surface area contributed by atoms with Crippen LogP contribution in [0.4, 0.5) is 4.79 Å². The van der Waals surface area contributed by atoms with Gasteiger partial charge in [-0.15, -0.1) is 0 Å². The Kier molecular flexibility index (Phi) is 4.58. The number of pyridine rings is 1. The number of hydrogen-bond acceptors (Lipinski definition) is 7. The minimum Gasteiger partial charge on any atom is -0.361 e. The van der Waals surface area contributed by atoms with Crippen LogP contribution in [-0.4, -0.2) is 43.8 Å². The number of fused-ring (bicyclic) bond motifs is 1. The summed E-state index contributed by atoms with van der Waals surface area (Å²) in [5, 5.41) is 11.0. The lowest BCUT2D eigenvalue weighted by molar-refractivity contribution is 0.190. The molecule has 0 saturated heterocycles. The summed E-state index contributed by atoms with van der Waals surface area (Å²) in [6.45, 7) is 8.74. The third-order valence-electron chi connectivity index (χ3n) is 4.65. The molecule has 2 amide bonds. The van der Waals surface area contributed by atoms with Gasteiger partial charge in [0.1, 0.15) is 5.76 Å². The number of carbonyl (C=O) groups excluding carboxylic acids is 1. The van der Waals surface area contributed by atoms with Gasteiger partial charge in [0.2, 0.25) is 5.82 Å². The predicted molar refractivity (Wildman–Crippen MR) is 100 cm³/mol. The summed E-state index contributed by atoms with van der Waals surface area (Å²) in [7, 11) is 0. The third kappa shape index (κ3) is 3.35. The van der Waals surface area contributed by atoms with E-state index in [0.717, 1.165) is 22.4 Å². The minimum atomic E-state index is -0.0639. The van der Waals surface area contributed by atoms with Crippen LogP contribution in [0.2, 0.25) is 0 Å². The molecule has 146 valence electrons. The monoisotopic (exact) mass is 382 g/mol. The molecule has 3 aromatic rings. The largest absolute Gasteiger partial charge is 0.361 e. The Bertz CT molecular complexity index is 1020. The van der Waals surface area contributed by atoms with E-state index in [4.69, 9.17) is 9.05 Å². The smallest absolute Gasteiger partial charge is 0.317 e. The Hall–Kier alpha value is -3.23. The van der Waals surface area contributed by atoms with E-state index in [1.807, 2.05) is 27.0 Å². The Labute approximate surface area is 162 Å². The van der Waals surface area contributed by atoms with Crippen molar-refractivity contribution >= 4 is 6.03 Å². The van der Waals surface area contributed by atoms with Crippen LogP contribution in [0.3, 0.4) is 0 Å². The maximum atomic E-state index is 12.3. The van der Waals surface area contributed by atoms with Crippen molar-refractivity contribution < 1.29 is 13.8 Å². The second kappa shape index (κ2) is 7.06. The van der Waals surface area contributed by atoms with Crippen LogP contribution in [0.15, 0.2) is 21.3 Å². The van der Waals surface area contributed by atoms with Gasteiger partial charge in [-0.2, -0.15) is 4.98 Å². The summed E-state index contributed by atoms with van der Waals surface area (Å²) in [6, 6.07) is 1.78. The number of carbonyl (C=O) groups is 1. The van der Waals surface area contributed by atoms with Crippen LogP contribution in [0.25, 0.3) is 23.0 Å². The SMILES string of the molecule is Cc1cc(-c2nc(-c3c(C)ncc4c3CCN(C(=O)NC(C)C)C4)no2)no1. The lowest BCUT2D eigenvalue weighted by Gasteiger charge is -2.30. The third-order valence-corrected chi connectivity index (χ3v) is 4.65. The van der Waals surface area contributed by atoms with Gasteiger partial charge in [0.25, 0.3) is 5.89 Å². The summed E-state index contributed by atoms with van der Waals surface area (Å²) < 4.78 is 10.5. The van der Waals surface area contributed by atoms with Gasteiger partial charge in [-0.05, 0) is 45.2 Å². The fourth-order valence-electron chi connectivity index (χ4n) is 3.35. The standard InChI is InChI=1S/C19H22N6O3/c1-10(2)21-19(26)25-6-5-14-13(9-25)8-20-12(4)16(14)17-22-18(28-24-17)15-7-11(3)27-23-15/h7-8,10H,5-6,9H2,1-4H3,(H,21,26). The second-order valence-electron chi connectivity index (χ2n) is 7.24. The average molecular weight is 382 g/mol. The van der Waals surface area contributed by atoms with Gasteiger partial charge in [0.05, 0.1) is 0 Å². The van der Waals surface area contributed by atoms with Crippen molar-refractivity contribution in [3.8, 4) is 23.0 Å². The van der Waals surface area contributed by atoms with Gasteiger partial charge in [0.15, 0.2) is 5.69 Å². The molecule has 0 aromatic carbocycles. The fourth-order valence-corrected chi connectivity index (χ4v) is 3.35. The van der Waals surface area contributed by atoms with Crippen molar-refractivity contribution in [2.45, 2.75) is 46.7 Å². The van der Waals surface area contributed by atoms with Crippen LogP contribution in [0.5, 0.6) is 0 Å². The summed E-state index contributed by atoms with van der Waals surface area (Å²) in [5.74, 6) is 1.44. The van der Waals surface area contributed by atoms with Crippen molar-refractivity contribution in [1.29, 1.82) is 0 Å². The first-order chi connectivity index (χ1) is 13.4. The van der Waals surface area contributed by atoms with E-state index >= 15 is 0 Å². The topological polar surface area (TPSA) is 110 Å². The highest BCUT2D eigenvalue weighted by atomic mass is 16.5. The zero-order valence-electron chi connectivity index (χ0n) is 16.3. The number of nitrogens with zero attached hydrogens (tertiary/aromatic N) is 5.